The van der Waals surface area contributed by atoms with Crippen LogP contribution in [-0.4, -0.2) is 39.4 Å². The van der Waals surface area contributed by atoms with Crippen molar-refractivity contribution in [2.75, 3.05) is 24.4 Å². The average Bonchev–Trinajstić information content (AvgIpc) is 2.67. The van der Waals surface area contributed by atoms with Gasteiger partial charge in [0.15, 0.2) is 0 Å². The summed E-state index contributed by atoms with van der Waals surface area (Å²) in [5, 5.41) is 0.327. The Kier molecular flexibility index (Phi) is 6.01. The molecule has 3 rings (SSSR count). The van der Waals surface area contributed by atoms with Crippen LogP contribution in [0, 0.1) is 12.8 Å². The highest BCUT2D eigenvalue weighted by Crippen LogP contribution is 2.29. The van der Waals surface area contributed by atoms with Crippen LogP contribution in [0.2, 0.25) is 5.02 Å². The van der Waals surface area contributed by atoms with E-state index in [1.807, 2.05) is 6.92 Å². The maximum atomic E-state index is 13.0. The number of likely N-dealkylation sites (tertiary alicyclic amines) is 1. The lowest BCUT2D eigenvalue weighted by molar-refractivity contribution is 0.0683. The Labute approximate surface area is 172 Å². The van der Waals surface area contributed by atoms with Gasteiger partial charge in [0.1, 0.15) is 0 Å². The SMILES string of the molecule is Cc1ccc(S(=O)(=O)N(C)c2ccc(Cl)c(C(=O)N3CCCC(C)C3)c2)cc1. The molecule has 2 aromatic carbocycles. The van der Waals surface area contributed by atoms with Crippen molar-refractivity contribution in [3.05, 3.63) is 58.6 Å². The van der Waals surface area contributed by atoms with E-state index >= 15 is 0 Å². The third-order valence-electron chi connectivity index (χ3n) is 5.17. The first-order valence-corrected chi connectivity index (χ1v) is 11.2. The molecule has 7 heteroatoms. The van der Waals surface area contributed by atoms with E-state index in [0.29, 0.717) is 35.3 Å². The first kappa shape index (κ1) is 20.7. The molecule has 28 heavy (non-hydrogen) atoms. The Hall–Kier alpha value is -2.05. The van der Waals surface area contributed by atoms with E-state index in [1.165, 1.54) is 11.4 Å². The predicted octanol–water partition coefficient (Wildman–Crippen LogP) is 4.35. The molecule has 0 N–H and O–H groups in total. The van der Waals surface area contributed by atoms with E-state index in [-0.39, 0.29) is 10.8 Å². The summed E-state index contributed by atoms with van der Waals surface area (Å²) in [6.07, 6.45) is 2.07. The summed E-state index contributed by atoms with van der Waals surface area (Å²) >= 11 is 6.28. The molecule has 0 bridgehead atoms. The number of rotatable bonds is 4. The van der Waals surface area contributed by atoms with Crippen LogP contribution in [0.3, 0.4) is 0 Å². The van der Waals surface area contributed by atoms with Crippen LogP contribution < -0.4 is 4.31 Å². The number of hydrogen-bond acceptors (Lipinski definition) is 3. The van der Waals surface area contributed by atoms with E-state index in [0.717, 1.165) is 18.4 Å². The summed E-state index contributed by atoms with van der Waals surface area (Å²) in [6, 6.07) is 11.4. The van der Waals surface area contributed by atoms with Crippen LogP contribution in [0.5, 0.6) is 0 Å². The largest absolute Gasteiger partial charge is 0.338 e. The highest BCUT2D eigenvalue weighted by Gasteiger charge is 2.26. The number of carbonyl (C=O) groups is 1. The van der Waals surface area contributed by atoms with Crippen molar-refractivity contribution < 1.29 is 13.2 Å². The number of hydrogen-bond donors (Lipinski definition) is 0. The number of amides is 1. The summed E-state index contributed by atoms with van der Waals surface area (Å²) in [7, 11) is -2.25. The Morgan fingerprint density at radius 2 is 1.86 bits per heavy atom. The van der Waals surface area contributed by atoms with Gasteiger partial charge < -0.3 is 4.90 Å². The number of halogens is 1. The minimum absolute atomic E-state index is 0.153. The van der Waals surface area contributed by atoms with Gasteiger partial charge in [0.25, 0.3) is 15.9 Å². The Morgan fingerprint density at radius 3 is 2.50 bits per heavy atom. The molecule has 0 saturated carbocycles. The molecule has 1 heterocycles. The smallest absolute Gasteiger partial charge is 0.264 e. The molecule has 0 aromatic heterocycles. The van der Waals surface area contributed by atoms with Gasteiger partial charge in [-0.2, -0.15) is 0 Å². The van der Waals surface area contributed by atoms with Gasteiger partial charge in [-0.25, -0.2) is 8.42 Å². The number of nitrogens with zero attached hydrogens (tertiary/aromatic N) is 2. The fourth-order valence-electron chi connectivity index (χ4n) is 3.42. The Balaban J connectivity index is 1.92. The molecule has 150 valence electrons. The molecule has 5 nitrogen and oxygen atoms in total. The zero-order valence-corrected chi connectivity index (χ0v) is 17.9. The quantitative estimate of drug-likeness (QED) is 0.738. The molecule has 1 amide bonds. The topological polar surface area (TPSA) is 57.7 Å². The molecule has 1 aliphatic rings. The molecule has 0 aliphatic carbocycles. The summed E-state index contributed by atoms with van der Waals surface area (Å²) in [5.41, 5.74) is 1.72. The minimum Gasteiger partial charge on any atom is -0.338 e. The molecule has 1 unspecified atom stereocenters. The number of sulfonamides is 1. The van der Waals surface area contributed by atoms with E-state index in [9.17, 15) is 13.2 Å². The molecule has 0 radical (unpaired) electrons. The average molecular weight is 421 g/mol. The molecule has 2 aromatic rings. The Morgan fingerprint density at radius 1 is 1.18 bits per heavy atom. The van der Waals surface area contributed by atoms with Gasteiger partial charge in [-0.3, -0.25) is 9.10 Å². The second-order valence-electron chi connectivity index (χ2n) is 7.45. The van der Waals surface area contributed by atoms with Crippen LogP contribution in [-0.2, 0) is 10.0 Å². The first-order valence-electron chi connectivity index (χ1n) is 9.34. The van der Waals surface area contributed by atoms with Crippen molar-refractivity contribution in [3.63, 3.8) is 0 Å². The molecule has 1 fully saturated rings. The zero-order valence-electron chi connectivity index (χ0n) is 16.4. The summed E-state index contributed by atoms with van der Waals surface area (Å²) < 4.78 is 27.1. The Bertz CT molecular complexity index is 974. The second-order valence-corrected chi connectivity index (χ2v) is 9.82. The third kappa shape index (κ3) is 4.18. The van der Waals surface area contributed by atoms with Crippen molar-refractivity contribution in [1.29, 1.82) is 0 Å². The number of anilines is 1. The van der Waals surface area contributed by atoms with E-state index in [2.05, 4.69) is 6.92 Å². The van der Waals surface area contributed by atoms with Crippen LogP contribution in [0.15, 0.2) is 47.4 Å². The molecule has 0 spiro atoms. The lowest BCUT2D eigenvalue weighted by Gasteiger charge is -2.31. The maximum Gasteiger partial charge on any atom is 0.264 e. The van der Waals surface area contributed by atoms with Crippen LogP contribution in [0.1, 0.15) is 35.7 Å². The minimum atomic E-state index is -3.73. The summed E-state index contributed by atoms with van der Waals surface area (Å²) in [5.74, 6) is 0.295. The second kappa shape index (κ2) is 8.13. The monoisotopic (exact) mass is 420 g/mol. The van der Waals surface area contributed by atoms with Crippen molar-refractivity contribution in [2.24, 2.45) is 5.92 Å². The van der Waals surface area contributed by atoms with Crippen LogP contribution in [0.25, 0.3) is 0 Å². The van der Waals surface area contributed by atoms with Crippen molar-refractivity contribution in [3.8, 4) is 0 Å². The normalized spacial score (nSPS) is 17.4. The van der Waals surface area contributed by atoms with E-state index < -0.39 is 10.0 Å². The number of benzene rings is 2. The summed E-state index contributed by atoms with van der Waals surface area (Å²) in [4.78, 5) is 15.0. The van der Waals surface area contributed by atoms with Gasteiger partial charge in [-0.15, -0.1) is 0 Å². The van der Waals surface area contributed by atoms with Gasteiger partial charge >= 0.3 is 0 Å². The van der Waals surface area contributed by atoms with Gasteiger partial charge in [0.2, 0.25) is 0 Å². The van der Waals surface area contributed by atoms with E-state index in [4.69, 9.17) is 11.6 Å². The highest BCUT2D eigenvalue weighted by atomic mass is 35.5. The maximum absolute atomic E-state index is 13.0. The summed E-state index contributed by atoms with van der Waals surface area (Å²) in [6.45, 7) is 5.41. The fourth-order valence-corrected chi connectivity index (χ4v) is 4.81. The van der Waals surface area contributed by atoms with Crippen molar-refractivity contribution in [2.45, 2.75) is 31.6 Å². The van der Waals surface area contributed by atoms with Crippen LogP contribution >= 0.6 is 11.6 Å². The third-order valence-corrected chi connectivity index (χ3v) is 7.30. The van der Waals surface area contributed by atoms with Gasteiger partial charge in [0, 0.05) is 20.1 Å². The molecule has 1 saturated heterocycles. The van der Waals surface area contributed by atoms with Gasteiger partial charge in [-0.05, 0) is 56.0 Å². The molecule has 1 aliphatic heterocycles. The molecular weight excluding hydrogens is 396 g/mol. The van der Waals surface area contributed by atoms with Crippen LogP contribution in [0.4, 0.5) is 5.69 Å². The molecule has 1 atom stereocenters. The fraction of sp³-hybridized carbons (Fsp3) is 0.381. The zero-order chi connectivity index (χ0) is 20.5. The predicted molar refractivity (Wildman–Crippen MR) is 113 cm³/mol. The van der Waals surface area contributed by atoms with E-state index in [1.54, 1.807) is 47.4 Å². The first-order chi connectivity index (χ1) is 13.2. The number of piperidine rings is 1. The standard InChI is InChI=1S/C21H25ClN2O3S/c1-15-6-9-18(10-7-15)28(26,27)23(3)17-8-11-20(22)19(13-17)21(25)24-12-4-5-16(2)14-24/h6-11,13,16H,4-5,12,14H2,1-3H3. The lowest BCUT2D eigenvalue weighted by atomic mass is 9.99. The van der Waals surface area contributed by atoms with Crippen molar-refractivity contribution >= 4 is 33.2 Å². The van der Waals surface area contributed by atoms with Gasteiger partial charge in [-0.1, -0.05) is 36.2 Å². The lowest BCUT2D eigenvalue weighted by Crippen LogP contribution is -2.39. The van der Waals surface area contributed by atoms with Crippen molar-refractivity contribution in [1.82, 2.24) is 4.90 Å². The van der Waals surface area contributed by atoms with Gasteiger partial charge in [0.05, 0.1) is 21.2 Å². The highest BCUT2D eigenvalue weighted by molar-refractivity contribution is 7.92. The number of carbonyl (C=O) groups excluding carboxylic acids is 1. The number of aryl methyl sites for hydroxylation is 1. The molecular formula is C21H25ClN2O3S.